The van der Waals surface area contributed by atoms with Crippen LogP contribution in [0, 0.1) is 6.92 Å². The number of carboxylic acid groups (broad SMARTS) is 1. The highest BCUT2D eigenvalue weighted by Crippen LogP contribution is 2.32. The predicted molar refractivity (Wildman–Crippen MR) is 72.6 cm³/mol. The third-order valence-corrected chi connectivity index (χ3v) is 3.89. The van der Waals surface area contributed by atoms with Crippen LogP contribution in [0.3, 0.4) is 0 Å². The molecule has 0 spiro atoms. The molecule has 6 heteroatoms. The molecule has 1 saturated carbocycles. The minimum absolute atomic E-state index is 0.463. The van der Waals surface area contributed by atoms with E-state index in [2.05, 4.69) is 10.6 Å². The van der Waals surface area contributed by atoms with E-state index in [9.17, 15) is 9.59 Å². The van der Waals surface area contributed by atoms with E-state index in [0.29, 0.717) is 23.6 Å². The lowest BCUT2D eigenvalue weighted by Gasteiger charge is -2.38. The van der Waals surface area contributed by atoms with Crippen LogP contribution in [0.2, 0.25) is 5.02 Å². The quantitative estimate of drug-likeness (QED) is 0.797. The lowest BCUT2D eigenvalue weighted by Crippen LogP contribution is -2.60. The average molecular weight is 283 g/mol. The van der Waals surface area contributed by atoms with E-state index in [0.717, 1.165) is 12.0 Å². The number of benzene rings is 1. The molecule has 0 bridgehead atoms. The van der Waals surface area contributed by atoms with Gasteiger partial charge in [0.15, 0.2) is 0 Å². The molecule has 1 aromatic carbocycles. The smallest absolute Gasteiger partial charge is 0.329 e. The van der Waals surface area contributed by atoms with E-state index in [-0.39, 0.29) is 0 Å². The van der Waals surface area contributed by atoms with Gasteiger partial charge in [-0.2, -0.15) is 0 Å². The molecule has 0 radical (unpaired) electrons. The Bertz CT molecular complexity index is 527. The predicted octanol–water partition coefficient (Wildman–Crippen LogP) is 2.78. The summed E-state index contributed by atoms with van der Waals surface area (Å²) in [5.74, 6) is -0.989. The van der Waals surface area contributed by atoms with E-state index in [1.165, 1.54) is 0 Å². The van der Waals surface area contributed by atoms with E-state index in [4.69, 9.17) is 16.7 Å². The van der Waals surface area contributed by atoms with Crippen molar-refractivity contribution in [1.82, 2.24) is 5.32 Å². The van der Waals surface area contributed by atoms with Gasteiger partial charge in [0, 0.05) is 10.7 Å². The summed E-state index contributed by atoms with van der Waals surface area (Å²) >= 11 is 5.95. The minimum Gasteiger partial charge on any atom is -0.480 e. The molecule has 0 heterocycles. The van der Waals surface area contributed by atoms with Crippen molar-refractivity contribution >= 4 is 29.3 Å². The van der Waals surface area contributed by atoms with Crippen LogP contribution >= 0.6 is 11.6 Å². The van der Waals surface area contributed by atoms with Crippen molar-refractivity contribution < 1.29 is 14.7 Å². The van der Waals surface area contributed by atoms with E-state index in [1.54, 1.807) is 25.1 Å². The molecule has 0 unspecified atom stereocenters. The van der Waals surface area contributed by atoms with Crippen LogP contribution in [0.15, 0.2) is 18.2 Å². The van der Waals surface area contributed by atoms with Gasteiger partial charge in [0.2, 0.25) is 0 Å². The monoisotopic (exact) mass is 282 g/mol. The normalized spacial score (nSPS) is 16.3. The number of hydrogen-bond donors (Lipinski definition) is 3. The maximum atomic E-state index is 11.9. The summed E-state index contributed by atoms with van der Waals surface area (Å²) in [4.78, 5) is 23.0. The Labute approximate surface area is 116 Å². The van der Waals surface area contributed by atoms with Crippen molar-refractivity contribution in [3.8, 4) is 0 Å². The highest BCUT2D eigenvalue weighted by molar-refractivity contribution is 6.31. The Balaban J connectivity index is 2.06. The van der Waals surface area contributed by atoms with Crippen molar-refractivity contribution in [3.05, 3.63) is 28.8 Å². The zero-order chi connectivity index (χ0) is 14.0. The number of amides is 2. The second kappa shape index (κ2) is 5.09. The highest BCUT2D eigenvalue weighted by Gasteiger charge is 2.45. The topological polar surface area (TPSA) is 78.4 Å². The second-order valence-corrected chi connectivity index (χ2v) is 5.14. The lowest BCUT2D eigenvalue weighted by molar-refractivity contribution is -0.148. The molecule has 1 aromatic rings. The molecule has 1 aliphatic rings. The third kappa shape index (κ3) is 2.66. The summed E-state index contributed by atoms with van der Waals surface area (Å²) in [5.41, 5.74) is 0.207. The van der Waals surface area contributed by atoms with Gasteiger partial charge < -0.3 is 15.7 Å². The standard InChI is InChI=1S/C13H15ClN2O3/c1-8-9(14)4-2-5-10(8)15-12(19)16-13(11(17)18)6-3-7-13/h2,4-5H,3,6-7H2,1H3,(H,17,18)(H2,15,16,19). The highest BCUT2D eigenvalue weighted by atomic mass is 35.5. The van der Waals surface area contributed by atoms with Gasteiger partial charge in [-0.1, -0.05) is 17.7 Å². The van der Waals surface area contributed by atoms with Crippen LogP contribution in [0.1, 0.15) is 24.8 Å². The first kappa shape index (κ1) is 13.7. The number of anilines is 1. The van der Waals surface area contributed by atoms with Crippen molar-refractivity contribution in [3.63, 3.8) is 0 Å². The van der Waals surface area contributed by atoms with E-state index >= 15 is 0 Å². The van der Waals surface area contributed by atoms with Gasteiger partial charge in [0.25, 0.3) is 0 Å². The number of urea groups is 1. The summed E-state index contributed by atoms with van der Waals surface area (Å²) < 4.78 is 0. The third-order valence-electron chi connectivity index (χ3n) is 3.49. The first-order valence-electron chi connectivity index (χ1n) is 6.02. The number of rotatable bonds is 3. The molecular formula is C13H15ClN2O3. The number of carboxylic acids is 1. The molecule has 1 aliphatic carbocycles. The average Bonchev–Trinajstić information content (AvgIpc) is 2.29. The van der Waals surface area contributed by atoms with Crippen molar-refractivity contribution in [1.29, 1.82) is 0 Å². The van der Waals surface area contributed by atoms with Gasteiger partial charge >= 0.3 is 12.0 Å². The van der Waals surface area contributed by atoms with E-state index in [1.807, 2.05) is 0 Å². The summed E-state index contributed by atoms with van der Waals surface area (Å²) in [6, 6.07) is 4.65. The van der Waals surface area contributed by atoms with Crippen molar-refractivity contribution in [2.75, 3.05) is 5.32 Å². The molecule has 0 aromatic heterocycles. The van der Waals surface area contributed by atoms with Gasteiger partial charge in [0.1, 0.15) is 5.54 Å². The zero-order valence-electron chi connectivity index (χ0n) is 10.5. The maximum Gasteiger partial charge on any atom is 0.329 e. The Morgan fingerprint density at radius 2 is 2.05 bits per heavy atom. The molecular weight excluding hydrogens is 268 g/mol. The van der Waals surface area contributed by atoms with Crippen molar-refractivity contribution in [2.45, 2.75) is 31.7 Å². The number of aliphatic carboxylic acids is 1. The molecule has 0 aliphatic heterocycles. The number of carbonyl (C=O) groups is 2. The first-order valence-corrected chi connectivity index (χ1v) is 6.40. The van der Waals surface area contributed by atoms with Gasteiger partial charge in [-0.15, -0.1) is 0 Å². The number of nitrogens with one attached hydrogen (secondary N) is 2. The van der Waals surface area contributed by atoms with Crippen LogP contribution in [0.4, 0.5) is 10.5 Å². The molecule has 2 rings (SSSR count). The van der Waals surface area contributed by atoms with Crippen LogP contribution in [0.5, 0.6) is 0 Å². The number of carbonyl (C=O) groups excluding carboxylic acids is 1. The Hall–Kier alpha value is -1.75. The molecule has 19 heavy (non-hydrogen) atoms. The maximum absolute atomic E-state index is 11.9. The Morgan fingerprint density at radius 1 is 1.37 bits per heavy atom. The first-order chi connectivity index (χ1) is 8.94. The molecule has 2 amide bonds. The fourth-order valence-electron chi connectivity index (χ4n) is 2.04. The van der Waals surface area contributed by atoms with Gasteiger partial charge in [-0.25, -0.2) is 9.59 Å². The fourth-order valence-corrected chi connectivity index (χ4v) is 2.21. The number of hydrogen-bond acceptors (Lipinski definition) is 2. The summed E-state index contributed by atoms with van der Waals surface area (Å²) in [5, 5.41) is 14.8. The van der Waals surface area contributed by atoms with Crippen LogP contribution < -0.4 is 10.6 Å². The SMILES string of the molecule is Cc1c(Cl)cccc1NC(=O)NC1(C(=O)O)CCC1. The summed E-state index contributed by atoms with van der Waals surface area (Å²) in [6.07, 6.45) is 1.73. The summed E-state index contributed by atoms with van der Waals surface area (Å²) in [6.45, 7) is 1.79. The molecule has 3 N–H and O–H groups in total. The largest absolute Gasteiger partial charge is 0.480 e. The van der Waals surface area contributed by atoms with E-state index < -0.39 is 17.5 Å². The Morgan fingerprint density at radius 3 is 2.58 bits per heavy atom. The number of halogens is 1. The van der Waals surface area contributed by atoms with Gasteiger partial charge in [-0.05, 0) is 43.9 Å². The molecule has 102 valence electrons. The molecule has 1 fully saturated rings. The zero-order valence-corrected chi connectivity index (χ0v) is 11.3. The minimum atomic E-state index is -1.11. The van der Waals surface area contributed by atoms with Crippen LogP contribution in [0.25, 0.3) is 0 Å². The van der Waals surface area contributed by atoms with Crippen LogP contribution in [-0.2, 0) is 4.79 Å². The Kier molecular flexibility index (Phi) is 3.66. The molecule has 0 atom stereocenters. The molecule has 5 nitrogen and oxygen atoms in total. The second-order valence-electron chi connectivity index (χ2n) is 4.73. The van der Waals surface area contributed by atoms with Gasteiger partial charge in [-0.3, -0.25) is 0 Å². The fraction of sp³-hybridized carbons (Fsp3) is 0.385. The molecule has 0 saturated heterocycles. The van der Waals surface area contributed by atoms with Gasteiger partial charge in [0.05, 0.1) is 0 Å². The van der Waals surface area contributed by atoms with Crippen LogP contribution in [-0.4, -0.2) is 22.6 Å². The summed E-state index contributed by atoms with van der Waals surface area (Å²) in [7, 11) is 0. The van der Waals surface area contributed by atoms with Crippen molar-refractivity contribution in [2.24, 2.45) is 0 Å². The lowest BCUT2D eigenvalue weighted by atomic mass is 9.77.